The molecule has 0 fully saturated rings. The average Bonchev–Trinajstić information content (AvgIpc) is 2.28. The standard InChI is InChI=1S/C7H9N3O2/c1-4-6-7(10(11)12)9(3)5(2)8-6/h4H,1H2,2-3H3. The smallest absolute Gasteiger partial charge is 0.350 e. The quantitative estimate of drug-likeness (QED) is 0.492. The zero-order chi connectivity index (χ0) is 9.30. The van der Waals surface area contributed by atoms with Gasteiger partial charge in [0.1, 0.15) is 0 Å². The highest BCUT2D eigenvalue weighted by molar-refractivity contribution is 5.53. The van der Waals surface area contributed by atoms with Crippen LogP contribution in [0.15, 0.2) is 6.58 Å². The largest absolute Gasteiger partial charge is 0.358 e. The Morgan fingerprint density at radius 1 is 1.75 bits per heavy atom. The van der Waals surface area contributed by atoms with E-state index in [0.29, 0.717) is 11.5 Å². The summed E-state index contributed by atoms with van der Waals surface area (Å²) in [5, 5.41) is 10.5. The first kappa shape index (κ1) is 8.45. The molecule has 0 aromatic carbocycles. The number of rotatable bonds is 2. The van der Waals surface area contributed by atoms with Crippen LogP contribution in [0.2, 0.25) is 0 Å². The first-order valence-electron chi connectivity index (χ1n) is 3.38. The van der Waals surface area contributed by atoms with Gasteiger partial charge in [0.05, 0.1) is 7.05 Å². The molecular weight excluding hydrogens is 158 g/mol. The van der Waals surface area contributed by atoms with E-state index >= 15 is 0 Å². The number of aromatic nitrogens is 2. The highest BCUT2D eigenvalue weighted by atomic mass is 16.6. The maximum atomic E-state index is 10.5. The van der Waals surface area contributed by atoms with Gasteiger partial charge < -0.3 is 10.1 Å². The number of nitro groups is 1. The molecule has 5 nitrogen and oxygen atoms in total. The van der Waals surface area contributed by atoms with Crippen LogP contribution in [0.25, 0.3) is 6.08 Å². The van der Waals surface area contributed by atoms with Crippen LogP contribution >= 0.6 is 0 Å². The lowest BCUT2D eigenvalue weighted by Crippen LogP contribution is -1.99. The van der Waals surface area contributed by atoms with E-state index in [9.17, 15) is 10.1 Å². The van der Waals surface area contributed by atoms with E-state index in [4.69, 9.17) is 0 Å². The Balaban J connectivity index is 3.40. The van der Waals surface area contributed by atoms with Crippen LogP contribution < -0.4 is 0 Å². The molecule has 0 aliphatic carbocycles. The van der Waals surface area contributed by atoms with Gasteiger partial charge in [0.15, 0.2) is 11.5 Å². The molecule has 0 radical (unpaired) electrons. The van der Waals surface area contributed by atoms with Gasteiger partial charge in [-0.2, -0.15) is 0 Å². The maximum absolute atomic E-state index is 10.5. The predicted octanol–water partition coefficient (Wildman–Crippen LogP) is 1.28. The number of nitrogens with zero attached hydrogens (tertiary/aromatic N) is 3. The molecule has 0 aliphatic heterocycles. The molecule has 0 unspecified atom stereocenters. The third kappa shape index (κ3) is 1.09. The van der Waals surface area contributed by atoms with Crippen molar-refractivity contribution >= 4 is 11.9 Å². The fourth-order valence-corrected chi connectivity index (χ4v) is 0.977. The molecule has 1 rings (SSSR count). The molecule has 0 N–H and O–H groups in total. The van der Waals surface area contributed by atoms with E-state index in [1.54, 1.807) is 14.0 Å². The first-order chi connectivity index (χ1) is 5.57. The van der Waals surface area contributed by atoms with Gasteiger partial charge in [-0.1, -0.05) is 6.58 Å². The van der Waals surface area contributed by atoms with Gasteiger partial charge in [0.2, 0.25) is 0 Å². The highest BCUT2D eigenvalue weighted by Crippen LogP contribution is 2.19. The molecule has 5 heteroatoms. The summed E-state index contributed by atoms with van der Waals surface area (Å²) in [4.78, 5) is 14.0. The van der Waals surface area contributed by atoms with Gasteiger partial charge in [-0.05, 0) is 11.0 Å². The highest BCUT2D eigenvalue weighted by Gasteiger charge is 2.19. The number of hydrogen-bond donors (Lipinski definition) is 0. The summed E-state index contributed by atoms with van der Waals surface area (Å²) in [6, 6.07) is 0. The second-order valence-corrected chi connectivity index (χ2v) is 2.39. The third-order valence-electron chi connectivity index (χ3n) is 1.68. The topological polar surface area (TPSA) is 61.0 Å². The first-order valence-corrected chi connectivity index (χ1v) is 3.38. The Morgan fingerprint density at radius 2 is 2.33 bits per heavy atom. The summed E-state index contributed by atoms with van der Waals surface area (Å²) in [6.45, 7) is 5.16. The lowest BCUT2D eigenvalue weighted by Gasteiger charge is -1.94. The van der Waals surface area contributed by atoms with E-state index in [1.165, 1.54) is 10.6 Å². The van der Waals surface area contributed by atoms with Crippen molar-refractivity contribution < 1.29 is 4.92 Å². The van der Waals surface area contributed by atoms with Gasteiger partial charge in [0, 0.05) is 6.92 Å². The van der Waals surface area contributed by atoms with Gasteiger partial charge in [0.25, 0.3) is 0 Å². The van der Waals surface area contributed by atoms with Crippen molar-refractivity contribution in [1.82, 2.24) is 9.55 Å². The Bertz CT molecular complexity index is 341. The molecule has 0 amide bonds. The van der Waals surface area contributed by atoms with E-state index in [0.717, 1.165) is 0 Å². The lowest BCUT2D eigenvalue weighted by atomic mass is 10.4. The lowest BCUT2D eigenvalue weighted by molar-refractivity contribution is -0.392. The fourth-order valence-electron chi connectivity index (χ4n) is 0.977. The minimum absolute atomic E-state index is 0.0116. The Kier molecular flexibility index (Phi) is 1.95. The molecule has 0 saturated heterocycles. The molecule has 0 aliphatic rings. The molecule has 0 spiro atoms. The summed E-state index contributed by atoms with van der Waals surface area (Å²) in [7, 11) is 1.60. The summed E-state index contributed by atoms with van der Waals surface area (Å²) in [5.74, 6) is 0.596. The van der Waals surface area contributed by atoms with Crippen LogP contribution in [0.3, 0.4) is 0 Å². The molecule has 1 aromatic rings. The van der Waals surface area contributed by atoms with Crippen LogP contribution in [0.5, 0.6) is 0 Å². The van der Waals surface area contributed by atoms with Crippen LogP contribution in [-0.4, -0.2) is 14.5 Å². The van der Waals surface area contributed by atoms with Crippen molar-refractivity contribution in [2.24, 2.45) is 7.05 Å². The van der Waals surface area contributed by atoms with E-state index in [2.05, 4.69) is 11.6 Å². The molecular formula is C7H9N3O2. The third-order valence-corrected chi connectivity index (χ3v) is 1.68. The summed E-state index contributed by atoms with van der Waals surface area (Å²) < 4.78 is 1.43. The SMILES string of the molecule is C=Cc1nc(C)n(C)c1[N+](=O)[O-]. The van der Waals surface area contributed by atoms with Crippen molar-refractivity contribution in [3.05, 3.63) is 28.2 Å². The summed E-state index contributed by atoms with van der Waals surface area (Å²) in [5.41, 5.74) is 0.319. The Hall–Kier alpha value is -1.65. The number of imidazole rings is 1. The molecule has 0 saturated carbocycles. The van der Waals surface area contributed by atoms with Crippen LogP contribution in [0.1, 0.15) is 11.5 Å². The molecule has 0 bridgehead atoms. The summed E-state index contributed by atoms with van der Waals surface area (Å²) in [6.07, 6.45) is 1.38. The zero-order valence-electron chi connectivity index (χ0n) is 6.94. The molecule has 0 atom stereocenters. The normalized spacial score (nSPS) is 9.83. The molecule has 64 valence electrons. The predicted molar refractivity (Wildman–Crippen MR) is 44.7 cm³/mol. The van der Waals surface area contributed by atoms with Crippen molar-refractivity contribution in [3.8, 4) is 0 Å². The van der Waals surface area contributed by atoms with Gasteiger partial charge in [-0.25, -0.2) is 9.55 Å². The summed E-state index contributed by atoms with van der Waals surface area (Å²) >= 11 is 0. The van der Waals surface area contributed by atoms with Crippen LogP contribution in [0, 0.1) is 17.0 Å². The second-order valence-electron chi connectivity index (χ2n) is 2.39. The van der Waals surface area contributed by atoms with Crippen LogP contribution in [0.4, 0.5) is 5.82 Å². The fraction of sp³-hybridized carbons (Fsp3) is 0.286. The van der Waals surface area contributed by atoms with E-state index < -0.39 is 4.92 Å². The van der Waals surface area contributed by atoms with Crippen molar-refractivity contribution in [1.29, 1.82) is 0 Å². The van der Waals surface area contributed by atoms with E-state index in [1.807, 2.05) is 0 Å². The number of aryl methyl sites for hydroxylation is 1. The monoisotopic (exact) mass is 167 g/mol. The minimum atomic E-state index is -0.461. The zero-order valence-corrected chi connectivity index (χ0v) is 6.94. The van der Waals surface area contributed by atoms with Crippen molar-refractivity contribution in [2.75, 3.05) is 0 Å². The Labute approximate surface area is 69.5 Å². The van der Waals surface area contributed by atoms with Gasteiger partial charge >= 0.3 is 5.82 Å². The molecule has 1 heterocycles. The van der Waals surface area contributed by atoms with E-state index in [-0.39, 0.29) is 5.82 Å². The molecule has 12 heavy (non-hydrogen) atoms. The second kappa shape index (κ2) is 2.77. The van der Waals surface area contributed by atoms with Crippen LogP contribution in [-0.2, 0) is 7.05 Å². The minimum Gasteiger partial charge on any atom is -0.358 e. The average molecular weight is 167 g/mol. The number of hydrogen-bond acceptors (Lipinski definition) is 3. The van der Waals surface area contributed by atoms with Gasteiger partial charge in [-0.15, -0.1) is 0 Å². The van der Waals surface area contributed by atoms with Crippen molar-refractivity contribution in [2.45, 2.75) is 6.92 Å². The van der Waals surface area contributed by atoms with Gasteiger partial charge in [-0.3, -0.25) is 0 Å². The maximum Gasteiger partial charge on any atom is 0.350 e. The van der Waals surface area contributed by atoms with Crippen molar-refractivity contribution in [3.63, 3.8) is 0 Å². The Morgan fingerprint density at radius 3 is 2.67 bits per heavy atom. The molecule has 1 aromatic heterocycles.